The van der Waals surface area contributed by atoms with E-state index in [1.807, 2.05) is 11.6 Å². The van der Waals surface area contributed by atoms with Crippen molar-refractivity contribution in [3.8, 4) is 0 Å². The molecule has 21 heavy (non-hydrogen) atoms. The van der Waals surface area contributed by atoms with Gasteiger partial charge in [-0.15, -0.1) is 0 Å². The lowest BCUT2D eigenvalue weighted by molar-refractivity contribution is -0.134. The maximum Gasteiger partial charge on any atom is 0.330 e. The van der Waals surface area contributed by atoms with Crippen LogP contribution in [0.5, 0.6) is 0 Å². The molecule has 1 aromatic carbocycles. The highest BCUT2D eigenvalue weighted by Crippen LogP contribution is 2.10. The van der Waals surface area contributed by atoms with Crippen LogP contribution in [0.15, 0.2) is 41.3 Å². The summed E-state index contributed by atoms with van der Waals surface area (Å²) in [6, 6.07) is 6.17. The Kier molecular flexibility index (Phi) is 6.10. The lowest BCUT2D eigenvalue weighted by Gasteiger charge is -2.06. The first-order valence-electron chi connectivity index (χ1n) is 6.22. The summed E-state index contributed by atoms with van der Waals surface area (Å²) in [4.78, 5) is 22.4. The predicted octanol–water partition coefficient (Wildman–Crippen LogP) is 1.31. The molecule has 0 fully saturated rings. The number of carbonyl (C=O) groups is 2. The van der Waals surface area contributed by atoms with E-state index in [1.165, 1.54) is 31.4 Å². The third-order valence-electron chi connectivity index (χ3n) is 2.57. The van der Waals surface area contributed by atoms with Crippen molar-refractivity contribution in [2.75, 3.05) is 7.11 Å². The van der Waals surface area contributed by atoms with Gasteiger partial charge in [0.15, 0.2) is 0 Å². The van der Waals surface area contributed by atoms with E-state index >= 15 is 0 Å². The van der Waals surface area contributed by atoms with Crippen molar-refractivity contribution in [2.24, 2.45) is 0 Å². The van der Waals surface area contributed by atoms with Gasteiger partial charge in [-0.25, -0.2) is 17.9 Å². The molecule has 0 aliphatic rings. The first-order chi connectivity index (χ1) is 9.85. The van der Waals surface area contributed by atoms with Gasteiger partial charge >= 0.3 is 5.97 Å². The third kappa shape index (κ3) is 5.78. The lowest BCUT2D eigenvalue weighted by atomic mass is 10.2. The maximum absolute atomic E-state index is 11.9. The van der Waals surface area contributed by atoms with Gasteiger partial charge in [0.1, 0.15) is 0 Å². The summed E-state index contributed by atoms with van der Waals surface area (Å²) in [5.41, 5.74) is 0.924. The van der Waals surface area contributed by atoms with Crippen molar-refractivity contribution in [2.45, 2.75) is 24.7 Å². The van der Waals surface area contributed by atoms with Crippen molar-refractivity contribution in [1.82, 2.24) is 4.72 Å². The van der Waals surface area contributed by atoms with Crippen LogP contribution >= 0.6 is 0 Å². The molecule has 7 heteroatoms. The summed E-state index contributed by atoms with van der Waals surface area (Å²) < 4.78 is 30.2. The van der Waals surface area contributed by atoms with Crippen LogP contribution in [-0.2, 0) is 24.3 Å². The molecule has 1 aromatic rings. The highest BCUT2D eigenvalue weighted by molar-refractivity contribution is 7.90. The molecule has 1 N–H and O–H groups in total. The van der Waals surface area contributed by atoms with Crippen molar-refractivity contribution < 1.29 is 22.7 Å². The van der Waals surface area contributed by atoms with Crippen molar-refractivity contribution in [1.29, 1.82) is 0 Å². The van der Waals surface area contributed by atoms with Gasteiger partial charge in [0, 0.05) is 12.5 Å². The number of esters is 1. The van der Waals surface area contributed by atoms with Crippen LogP contribution in [0.25, 0.3) is 0 Å². The molecule has 0 saturated carbocycles. The van der Waals surface area contributed by atoms with Gasteiger partial charge in [-0.2, -0.15) is 0 Å². The Hall–Kier alpha value is -2.15. The predicted molar refractivity (Wildman–Crippen MR) is 76.9 cm³/mol. The molecule has 0 aliphatic heterocycles. The van der Waals surface area contributed by atoms with Crippen LogP contribution in [0.4, 0.5) is 0 Å². The van der Waals surface area contributed by atoms with Gasteiger partial charge in [-0.1, -0.05) is 23.8 Å². The number of amides is 1. The average Bonchev–Trinajstić information content (AvgIpc) is 2.43. The number of hydrogen-bond acceptors (Lipinski definition) is 5. The largest absolute Gasteiger partial charge is 0.466 e. The van der Waals surface area contributed by atoms with Crippen LogP contribution in [0.2, 0.25) is 0 Å². The van der Waals surface area contributed by atoms with Gasteiger partial charge in [0.25, 0.3) is 10.0 Å². The van der Waals surface area contributed by atoms with E-state index in [1.54, 1.807) is 12.1 Å². The minimum atomic E-state index is -3.85. The van der Waals surface area contributed by atoms with E-state index in [0.717, 1.165) is 5.56 Å². The zero-order valence-electron chi connectivity index (χ0n) is 11.8. The summed E-state index contributed by atoms with van der Waals surface area (Å²) in [5.74, 6) is -1.16. The van der Waals surface area contributed by atoms with E-state index in [-0.39, 0.29) is 17.7 Å². The Morgan fingerprint density at radius 1 is 1.24 bits per heavy atom. The fourth-order valence-electron chi connectivity index (χ4n) is 1.44. The van der Waals surface area contributed by atoms with Crippen LogP contribution in [-0.4, -0.2) is 27.4 Å². The van der Waals surface area contributed by atoms with Crippen molar-refractivity contribution >= 4 is 21.9 Å². The first kappa shape index (κ1) is 16.9. The molecule has 0 spiro atoms. The highest BCUT2D eigenvalue weighted by Gasteiger charge is 2.16. The monoisotopic (exact) mass is 311 g/mol. The molecule has 1 amide bonds. The molecule has 0 atom stereocenters. The molecule has 0 unspecified atom stereocenters. The lowest BCUT2D eigenvalue weighted by Crippen LogP contribution is -2.30. The van der Waals surface area contributed by atoms with E-state index in [2.05, 4.69) is 4.74 Å². The number of allylic oxidation sites excluding steroid dienone is 1. The SMILES string of the molecule is COC(=O)/C=C/CCC(=O)NS(=O)(=O)c1ccc(C)cc1. The molecule has 0 heterocycles. The van der Waals surface area contributed by atoms with E-state index in [9.17, 15) is 18.0 Å². The number of rotatable bonds is 6. The van der Waals surface area contributed by atoms with Gasteiger partial charge in [-0.3, -0.25) is 4.79 Å². The Morgan fingerprint density at radius 3 is 2.43 bits per heavy atom. The molecular formula is C14H17NO5S. The third-order valence-corrected chi connectivity index (χ3v) is 3.96. The number of carbonyl (C=O) groups excluding carboxylic acids is 2. The Balaban J connectivity index is 2.55. The summed E-state index contributed by atoms with van der Waals surface area (Å²) >= 11 is 0. The van der Waals surface area contributed by atoms with Crippen LogP contribution in [0.3, 0.4) is 0 Å². The molecule has 6 nitrogen and oxygen atoms in total. The standard InChI is InChI=1S/C14H17NO5S/c1-11-7-9-12(10-8-11)21(18,19)15-13(16)5-3-4-6-14(17)20-2/h4,6-10H,3,5H2,1-2H3,(H,15,16)/b6-4+. The van der Waals surface area contributed by atoms with Crippen molar-refractivity contribution in [3.05, 3.63) is 42.0 Å². The fraction of sp³-hybridized carbons (Fsp3) is 0.286. The fourth-order valence-corrected chi connectivity index (χ4v) is 2.45. The Bertz CT molecular complexity index is 632. The first-order valence-corrected chi connectivity index (χ1v) is 7.70. The second kappa shape index (κ2) is 7.58. The van der Waals surface area contributed by atoms with Gasteiger partial charge in [0.05, 0.1) is 12.0 Å². The molecule has 0 aliphatic carbocycles. The van der Waals surface area contributed by atoms with Gasteiger partial charge < -0.3 is 4.74 Å². The zero-order valence-corrected chi connectivity index (χ0v) is 12.6. The second-order valence-electron chi connectivity index (χ2n) is 4.31. The normalized spacial score (nSPS) is 11.3. The molecule has 0 aromatic heterocycles. The second-order valence-corrected chi connectivity index (χ2v) is 5.99. The Morgan fingerprint density at radius 2 is 1.86 bits per heavy atom. The van der Waals surface area contributed by atoms with Gasteiger partial charge in [0.2, 0.25) is 5.91 Å². The number of hydrogen-bond donors (Lipinski definition) is 1. The number of sulfonamides is 1. The topological polar surface area (TPSA) is 89.5 Å². The average molecular weight is 311 g/mol. The van der Waals surface area contributed by atoms with Gasteiger partial charge in [-0.05, 0) is 25.5 Å². The molecule has 114 valence electrons. The summed E-state index contributed by atoms with van der Waals surface area (Å²) in [6.07, 6.45) is 2.83. The number of ether oxygens (including phenoxy) is 1. The summed E-state index contributed by atoms with van der Waals surface area (Å²) in [5, 5.41) is 0. The van der Waals surface area contributed by atoms with Crippen LogP contribution in [0.1, 0.15) is 18.4 Å². The number of nitrogens with one attached hydrogen (secondary N) is 1. The smallest absolute Gasteiger partial charge is 0.330 e. The highest BCUT2D eigenvalue weighted by atomic mass is 32.2. The van der Waals surface area contributed by atoms with E-state index < -0.39 is 21.9 Å². The minimum absolute atomic E-state index is 0.0338. The zero-order chi connectivity index (χ0) is 15.9. The van der Waals surface area contributed by atoms with Crippen molar-refractivity contribution in [3.63, 3.8) is 0 Å². The maximum atomic E-state index is 11.9. The van der Waals surface area contributed by atoms with E-state index in [0.29, 0.717) is 0 Å². The molecular weight excluding hydrogens is 294 g/mol. The van der Waals surface area contributed by atoms with Crippen LogP contribution < -0.4 is 4.72 Å². The minimum Gasteiger partial charge on any atom is -0.466 e. The number of aryl methyl sites for hydroxylation is 1. The molecule has 0 radical (unpaired) electrons. The molecule has 0 saturated heterocycles. The summed E-state index contributed by atoms with van der Waals surface area (Å²) in [7, 11) is -2.61. The quantitative estimate of drug-likeness (QED) is 0.632. The molecule has 1 rings (SSSR count). The number of methoxy groups -OCH3 is 1. The van der Waals surface area contributed by atoms with Crippen LogP contribution in [0, 0.1) is 6.92 Å². The van der Waals surface area contributed by atoms with E-state index in [4.69, 9.17) is 0 Å². The molecule has 0 bridgehead atoms. The summed E-state index contributed by atoms with van der Waals surface area (Å²) in [6.45, 7) is 1.84. The number of benzene rings is 1. The Labute approximate surface area is 123 Å².